The molecule has 0 atom stereocenters. The highest BCUT2D eigenvalue weighted by Gasteiger charge is 2.15. The highest BCUT2D eigenvalue weighted by atomic mass is 16.5. The zero-order valence-corrected chi connectivity index (χ0v) is 15.9. The average molecular weight is 355 g/mol. The summed E-state index contributed by atoms with van der Waals surface area (Å²) in [4.78, 5) is 12.6. The zero-order valence-electron chi connectivity index (χ0n) is 15.9. The van der Waals surface area contributed by atoms with Crippen molar-refractivity contribution >= 4 is 5.78 Å². The van der Waals surface area contributed by atoms with Crippen molar-refractivity contribution in [3.05, 3.63) is 53.6 Å². The number of ether oxygens (including phenoxy) is 2. The van der Waals surface area contributed by atoms with Crippen molar-refractivity contribution in [2.75, 3.05) is 13.2 Å². The Morgan fingerprint density at radius 1 is 1.08 bits per heavy atom. The van der Waals surface area contributed by atoms with Gasteiger partial charge >= 0.3 is 0 Å². The molecular weight excluding hydrogens is 328 g/mol. The van der Waals surface area contributed by atoms with Crippen molar-refractivity contribution in [2.45, 2.75) is 34.1 Å². The molecule has 0 amide bonds. The number of aromatic hydroxyl groups is 1. The lowest BCUT2D eigenvalue weighted by molar-refractivity contribution is 0.103. The van der Waals surface area contributed by atoms with E-state index in [4.69, 9.17) is 9.47 Å². The Morgan fingerprint density at radius 3 is 2.42 bits per heavy atom. The minimum atomic E-state index is -0.261. The highest BCUT2D eigenvalue weighted by Crippen LogP contribution is 2.26. The molecular formula is C22H27O4. The molecule has 4 heteroatoms. The molecule has 0 saturated heterocycles. The first-order valence-electron chi connectivity index (χ1n) is 9.02. The fraction of sp³-hybridized carbons (Fsp3) is 0.409. The molecule has 2 aromatic carbocycles. The Bertz CT molecular complexity index is 717. The van der Waals surface area contributed by atoms with Crippen LogP contribution in [0.5, 0.6) is 17.2 Å². The molecule has 0 aromatic heterocycles. The lowest BCUT2D eigenvalue weighted by Crippen LogP contribution is -2.06. The van der Waals surface area contributed by atoms with Crippen molar-refractivity contribution in [1.82, 2.24) is 0 Å². The molecule has 2 aromatic rings. The Balaban J connectivity index is 2.04. The third-order valence-electron chi connectivity index (χ3n) is 3.80. The average Bonchev–Trinajstić information content (AvgIpc) is 2.59. The zero-order chi connectivity index (χ0) is 19.1. The first kappa shape index (κ1) is 19.8. The minimum Gasteiger partial charge on any atom is -0.507 e. The second-order valence-corrected chi connectivity index (χ2v) is 7.19. The van der Waals surface area contributed by atoms with Crippen LogP contribution >= 0.6 is 0 Å². The predicted octanol–water partition coefficient (Wildman–Crippen LogP) is 4.88. The fourth-order valence-corrected chi connectivity index (χ4v) is 2.26. The summed E-state index contributed by atoms with van der Waals surface area (Å²) >= 11 is 0. The lowest BCUT2D eigenvalue weighted by atomic mass is 10.0. The van der Waals surface area contributed by atoms with Crippen LogP contribution in [0.1, 0.15) is 50.0 Å². The van der Waals surface area contributed by atoms with E-state index >= 15 is 0 Å². The number of hydrogen-bond acceptors (Lipinski definition) is 4. The minimum absolute atomic E-state index is 0.0859. The van der Waals surface area contributed by atoms with Gasteiger partial charge in [-0.25, -0.2) is 0 Å². The summed E-state index contributed by atoms with van der Waals surface area (Å²) in [5, 5.41) is 10.2. The molecule has 0 aliphatic rings. The summed E-state index contributed by atoms with van der Waals surface area (Å²) < 4.78 is 11.2. The monoisotopic (exact) mass is 355 g/mol. The Morgan fingerprint density at radius 2 is 1.85 bits per heavy atom. The van der Waals surface area contributed by atoms with Crippen LogP contribution < -0.4 is 9.47 Å². The van der Waals surface area contributed by atoms with Crippen LogP contribution in [0.2, 0.25) is 0 Å². The number of rotatable bonds is 9. The summed E-state index contributed by atoms with van der Waals surface area (Å²) in [6.45, 7) is 9.56. The van der Waals surface area contributed by atoms with Crippen LogP contribution in [-0.4, -0.2) is 24.1 Å². The van der Waals surface area contributed by atoms with Gasteiger partial charge in [-0.1, -0.05) is 27.7 Å². The highest BCUT2D eigenvalue weighted by molar-refractivity contribution is 6.10. The summed E-state index contributed by atoms with van der Waals surface area (Å²) in [5.74, 6) is 1.79. The maximum Gasteiger partial charge on any atom is 0.196 e. The van der Waals surface area contributed by atoms with Gasteiger partial charge in [0, 0.05) is 17.7 Å². The first-order chi connectivity index (χ1) is 12.4. The van der Waals surface area contributed by atoms with Crippen molar-refractivity contribution in [3.8, 4) is 17.2 Å². The van der Waals surface area contributed by atoms with E-state index in [1.54, 1.807) is 30.3 Å². The smallest absolute Gasteiger partial charge is 0.196 e. The van der Waals surface area contributed by atoms with Crippen LogP contribution in [0.25, 0.3) is 0 Å². The van der Waals surface area contributed by atoms with E-state index in [0.29, 0.717) is 42.1 Å². The number of hydrogen-bond donors (Lipinski definition) is 1. The molecule has 1 radical (unpaired) electrons. The Hall–Kier alpha value is -2.49. The van der Waals surface area contributed by atoms with Gasteiger partial charge in [-0.15, -0.1) is 0 Å². The second-order valence-electron chi connectivity index (χ2n) is 7.19. The Kier molecular flexibility index (Phi) is 7.07. The van der Waals surface area contributed by atoms with Crippen LogP contribution in [0, 0.1) is 17.9 Å². The second kappa shape index (κ2) is 9.27. The van der Waals surface area contributed by atoms with Gasteiger partial charge in [-0.05, 0) is 48.6 Å². The van der Waals surface area contributed by atoms with Crippen molar-refractivity contribution in [1.29, 1.82) is 0 Å². The van der Waals surface area contributed by atoms with Gasteiger partial charge in [0.05, 0.1) is 18.8 Å². The van der Waals surface area contributed by atoms with Gasteiger partial charge in [0.1, 0.15) is 17.2 Å². The van der Waals surface area contributed by atoms with E-state index in [2.05, 4.69) is 33.8 Å². The van der Waals surface area contributed by atoms with Gasteiger partial charge in [-0.2, -0.15) is 0 Å². The van der Waals surface area contributed by atoms with E-state index in [1.807, 2.05) is 0 Å². The molecule has 0 saturated carbocycles. The summed E-state index contributed by atoms with van der Waals surface area (Å²) in [7, 11) is 0. The van der Waals surface area contributed by atoms with Gasteiger partial charge in [0.15, 0.2) is 5.78 Å². The third-order valence-corrected chi connectivity index (χ3v) is 3.80. The van der Waals surface area contributed by atoms with Crippen LogP contribution in [-0.2, 0) is 0 Å². The van der Waals surface area contributed by atoms with Crippen LogP contribution in [0.3, 0.4) is 0 Å². The van der Waals surface area contributed by atoms with E-state index in [0.717, 1.165) is 6.42 Å². The number of carbonyl (C=O) groups excluding carboxylic acids is 1. The lowest BCUT2D eigenvalue weighted by Gasteiger charge is -2.11. The molecule has 1 N–H and O–H groups in total. The van der Waals surface area contributed by atoms with Crippen LogP contribution in [0.4, 0.5) is 0 Å². The first-order valence-corrected chi connectivity index (χ1v) is 9.02. The van der Waals surface area contributed by atoms with E-state index in [9.17, 15) is 9.90 Å². The molecule has 2 rings (SSSR count). The summed E-state index contributed by atoms with van der Waals surface area (Å²) in [5.41, 5.74) is 0.691. The number of phenolic OH excluding ortho intramolecular Hbond substituents is 1. The normalized spacial score (nSPS) is 11.0. The predicted molar refractivity (Wildman–Crippen MR) is 102 cm³/mol. The third kappa shape index (κ3) is 5.80. The number of ketones is 1. The molecule has 0 aliphatic carbocycles. The molecule has 26 heavy (non-hydrogen) atoms. The molecule has 139 valence electrons. The molecule has 0 fully saturated rings. The maximum atomic E-state index is 12.6. The quantitative estimate of drug-likeness (QED) is 0.651. The number of phenols is 1. The molecule has 0 spiro atoms. The molecule has 0 aliphatic heterocycles. The standard InChI is InChI=1S/C22H27O4/c1-15(2)11-12-25-19-9-10-20(21(23)13-19)22(24)17-5-7-18(8-6-17)26-14-16(3)4/h5-7,9-10,13,15-16,23H,11-12,14H2,1-4H3. The van der Waals surface area contributed by atoms with Gasteiger partial charge in [0.25, 0.3) is 0 Å². The van der Waals surface area contributed by atoms with Gasteiger partial charge in [-0.3, -0.25) is 4.79 Å². The number of benzene rings is 2. The fourth-order valence-electron chi connectivity index (χ4n) is 2.26. The molecule has 0 unspecified atom stereocenters. The van der Waals surface area contributed by atoms with Crippen LogP contribution in [0.15, 0.2) is 36.4 Å². The molecule has 4 nitrogen and oxygen atoms in total. The summed E-state index contributed by atoms with van der Waals surface area (Å²) in [6, 6.07) is 12.7. The van der Waals surface area contributed by atoms with E-state index in [-0.39, 0.29) is 17.1 Å². The molecule has 0 bridgehead atoms. The Labute approximate surface area is 155 Å². The molecule has 0 heterocycles. The SMILES string of the molecule is CC(C)CCOc1ccc(C(=O)c2c[c]c(OCC(C)C)cc2)c(O)c1. The largest absolute Gasteiger partial charge is 0.507 e. The van der Waals surface area contributed by atoms with Gasteiger partial charge < -0.3 is 14.6 Å². The summed E-state index contributed by atoms with van der Waals surface area (Å²) in [6.07, 6.45) is 0.933. The van der Waals surface area contributed by atoms with E-state index < -0.39 is 0 Å². The maximum absolute atomic E-state index is 12.6. The van der Waals surface area contributed by atoms with Crippen molar-refractivity contribution in [3.63, 3.8) is 0 Å². The van der Waals surface area contributed by atoms with E-state index in [1.165, 1.54) is 6.07 Å². The number of carbonyl (C=O) groups is 1. The topological polar surface area (TPSA) is 55.8 Å². The van der Waals surface area contributed by atoms with Gasteiger partial charge in [0.2, 0.25) is 0 Å². The van der Waals surface area contributed by atoms with Crippen molar-refractivity contribution in [2.24, 2.45) is 11.8 Å². The van der Waals surface area contributed by atoms with Crippen molar-refractivity contribution < 1.29 is 19.4 Å².